The highest BCUT2D eigenvalue weighted by Crippen LogP contribution is 2.39. The molecule has 0 radical (unpaired) electrons. The molecule has 1 aliphatic heterocycles. The second kappa shape index (κ2) is 4.92. The number of halogens is 4. The van der Waals surface area contributed by atoms with Gasteiger partial charge in [-0.3, -0.25) is 9.59 Å². The zero-order valence-corrected chi connectivity index (χ0v) is 11.5. The summed E-state index contributed by atoms with van der Waals surface area (Å²) in [6.45, 7) is -0.931. The van der Waals surface area contributed by atoms with Gasteiger partial charge in [0.1, 0.15) is 5.41 Å². The molecule has 0 bridgehead atoms. The summed E-state index contributed by atoms with van der Waals surface area (Å²) in [6.07, 6.45) is -4.98. The molecule has 2 rings (SSSR count). The van der Waals surface area contributed by atoms with Gasteiger partial charge in [-0.2, -0.15) is 13.2 Å². The summed E-state index contributed by atoms with van der Waals surface area (Å²) < 4.78 is 37.2. The first-order valence-electron chi connectivity index (χ1n) is 5.47. The highest BCUT2D eigenvalue weighted by Gasteiger charge is 2.56. The number of carbonyl (C=O) groups is 2. The second-order valence-corrected chi connectivity index (χ2v) is 6.16. The molecule has 0 atom stereocenters. The lowest BCUT2D eigenvalue weighted by Crippen LogP contribution is -2.65. The van der Waals surface area contributed by atoms with Crippen LogP contribution in [0, 0.1) is 5.41 Å². The van der Waals surface area contributed by atoms with Crippen molar-refractivity contribution in [3.63, 3.8) is 0 Å². The summed E-state index contributed by atoms with van der Waals surface area (Å²) in [6, 6.07) is 1.63. The molecule has 1 aromatic rings. The third-order valence-electron chi connectivity index (χ3n) is 3.19. The van der Waals surface area contributed by atoms with Gasteiger partial charge in [-0.05, 0) is 23.4 Å². The van der Waals surface area contributed by atoms with Gasteiger partial charge < -0.3 is 10.0 Å². The number of amides is 1. The van der Waals surface area contributed by atoms with Gasteiger partial charge in [-0.15, -0.1) is 11.3 Å². The van der Waals surface area contributed by atoms with Crippen LogP contribution in [0.4, 0.5) is 13.2 Å². The fourth-order valence-electron chi connectivity index (χ4n) is 2.14. The molecular weight excluding hydrogens is 319 g/mol. The Morgan fingerprint density at radius 3 is 2.45 bits per heavy atom. The predicted molar refractivity (Wildman–Crippen MR) is 65.7 cm³/mol. The van der Waals surface area contributed by atoms with Crippen molar-refractivity contribution in [2.75, 3.05) is 13.1 Å². The molecule has 9 heteroatoms. The Morgan fingerprint density at radius 1 is 1.45 bits per heavy atom. The van der Waals surface area contributed by atoms with E-state index in [1.165, 1.54) is 11.3 Å². The van der Waals surface area contributed by atoms with E-state index in [-0.39, 0.29) is 6.42 Å². The number of aliphatic carboxylic acids is 1. The first kappa shape index (κ1) is 15.1. The normalized spacial score (nSPS) is 17.7. The van der Waals surface area contributed by atoms with Crippen molar-refractivity contribution < 1.29 is 27.9 Å². The van der Waals surface area contributed by atoms with Crippen LogP contribution in [-0.4, -0.2) is 41.1 Å². The third kappa shape index (κ3) is 2.62. The van der Waals surface area contributed by atoms with E-state index in [1.54, 1.807) is 11.4 Å². The maximum absolute atomic E-state index is 12.3. The van der Waals surface area contributed by atoms with Crippen LogP contribution in [0.2, 0.25) is 4.34 Å². The van der Waals surface area contributed by atoms with Gasteiger partial charge in [-0.1, -0.05) is 11.6 Å². The van der Waals surface area contributed by atoms with E-state index in [9.17, 15) is 27.9 Å². The fourth-order valence-corrected chi connectivity index (χ4v) is 3.07. The molecule has 0 aliphatic carbocycles. The molecule has 0 unspecified atom stereocenters. The number of likely N-dealkylation sites (tertiary alicyclic amines) is 1. The number of carboxylic acid groups (broad SMARTS) is 1. The summed E-state index contributed by atoms with van der Waals surface area (Å²) in [5.74, 6) is -3.24. The van der Waals surface area contributed by atoms with Crippen molar-refractivity contribution in [3.05, 3.63) is 21.3 Å². The number of hydrogen-bond donors (Lipinski definition) is 1. The minimum atomic E-state index is -4.98. The average molecular weight is 328 g/mol. The maximum atomic E-state index is 12.3. The lowest BCUT2D eigenvalue weighted by Gasteiger charge is -2.47. The average Bonchev–Trinajstić information content (AvgIpc) is 2.66. The molecule has 1 fully saturated rings. The summed E-state index contributed by atoms with van der Waals surface area (Å²) in [5, 5.41) is 10.9. The Morgan fingerprint density at radius 2 is 2.05 bits per heavy atom. The molecule has 2 heterocycles. The van der Waals surface area contributed by atoms with Crippen molar-refractivity contribution in [2.45, 2.75) is 12.6 Å². The molecule has 0 aromatic carbocycles. The van der Waals surface area contributed by atoms with E-state index >= 15 is 0 Å². The number of hydrogen-bond acceptors (Lipinski definition) is 3. The van der Waals surface area contributed by atoms with Crippen molar-refractivity contribution in [2.24, 2.45) is 5.41 Å². The van der Waals surface area contributed by atoms with Crippen LogP contribution in [0.15, 0.2) is 11.4 Å². The smallest absolute Gasteiger partial charge is 0.471 e. The molecule has 110 valence electrons. The zero-order valence-electron chi connectivity index (χ0n) is 9.91. The first-order valence-corrected chi connectivity index (χ1v) is 6.73. The van der Waals surface area contributed by atoms with E-state index in [1.807, 2.05) is 0 Å². The summed E-state index contributed by atoms with van der Waals surface area (Å²) in [5.41, 5.74) is -0.829. The molecule has 0 spiro atoms. The van der Waals surface area contributed by atoms with Gasteiger partial charge in [0.15, 0.2) is 0 Å². The Hall–Kier alpha value is -1.28. The van der Waals surface area contributed by atoms with Crippen LogP contribution in [-0.2, 0) is 16.0 Å². The Balaban J connectivity index is 2.11. The van der Waals surface area contributed by atoms with Gasteiger partial charge in [0.25, 0.3) is 0 Å². The standard InChI is InChI=1S/C11H9ClF3NO3S/c12-7-6(1-2-20-7)3-10(9(18)19)4-16(5-10)8(17)11(13,14)15/h1-2H,3-5H2,(H,18,19). The lowest BCUT2D eigenvalue weighted by atomic mass is 9.75. The molecule has 4 nitrogen and oxygen atoms in total. The van der Waals surface area contributed by atoms with E-state index in [0.29, 0.717) is 14.8 Å². The molecule has 1 aliphatic rings. The van der Waals surface area contributed by atoms with Crippen LogP contribution in [0.25, 0.3) is 0 Å². The van der Waals surface area contributed by atoms with Crippen LogP contribution in [0.1, 0.15) is 5.56 Å². The molecule has 0 saturated carbocycles. The van der Waals surface area contributed by atoms with Crippen molar-refractivity contribution >= 4 is 34.8 Å². The molecule has 20 heavy (non-hydrogen) atoms. The monoisotopic (exact) mass is 327 g/mol. The Bertz CT molecular complexity index is 551. The van der Waals surface area contributed by atoms with Gasteiger partial charge >= 0.3 is 18.1 Å². The second-order valence-electron chi connectivity index (χ2n) is 4.64. The minimum Gasteiger partial charge on any atom is -0.481 e. The van der Waals surface area contributed by atoms with Gasteiger partial charge in [-0.25, -0.2) is 0 Å². The lowest BCUT2D eigenvalue weighted by molar-refractivity contribution is -0.199. The topological polar surface area (TPSA) is 57.6 Å². The van der Waals surface area contributed by atoms with E-state index in [0.717, 1.165) is 0 Å². The van der Waals surface area contributed by atoms with Crippen LogP contribution < -0.4 is 0 Å². The molecular formula is C11H9ClF3NO3S. The largest absolute Gasteiger partial charge is 0.481 e. The molecule has 1 N–H and O–H groups in total. The Labute approximate surface area is 120 Å². The van der Waals surface area contributed by atoms with Crippen LogP contribution in [0.3, 0.4) is 0 Å². The molecule has 1 saturated heterocycles. The first-order chi connectivity index (χ1) is 9.16. The highest BCUT2D eigenvalue weighted by molar-refractivity contribution is 7.14. The zero-order chi connectivity index (χ0) is 15.1. The van der Waals surface area contributed by atoms with E-state index < -0.39 is 36.6 Å². The fraction of sp³-hybridized carbons (Fsp3) is 0.455. The number of rotatable bonds is 3. The SMILES string of the molecule is O=C(N1CC(Cc2ccsc2Cl)(C(=O)O)C1)C(F)(F)F. The molecule has 1 aromatic heterocycles. The minimum absolute atomic E-state index is 0.00625. The quantitative estimate of drug-likeness (QED) is 0.927. The summed E-state index contributed by atoms with van der Waals surface area (Å²) >= 11 is 7.08. The third-order valence-corrected chi connectivity index (χ3v) is 4.44. The van der Waals surface area contributed by atoms with Crippen molar-refractivity contribution in [1.82, 2.24) is 4.90 Å². The maximum Gasteiger partial charge on any atom is 0.471 e. The number of carbonyl (C=O) groups excluding carboxylic acids is 1. The van der Waals surface area contributed by atoms with Gasteiger partial charge in [0.05, 0.1) is 4.34 Å². The van der Waals surface area contributed by atoms with Crippen molar-refractivity contribution in [3.8, 4) is 0 Å². The number of nitrogens with zero attached hydrogens (tertiary/aromatic N) is 1. The summed E-state index contributed by atoms with van der Waals surface area (Å²) in [7, 11) is 0. The van der Waals surface area contributed by atoms with Crippen molar-refractivity contribution in [1.29, 1.82) is 0 Å². The van der Waals surface area contributed by atoms with Crippen LogP contribution in [0.5, 0.6) is 0 Å². The van der Waals surface area contributed by atoms with Gasteiger partial charge in [0, 0.05) is 13.1 Å². The molecule has 1 amide bonds. The van der Waals surface area contributed by atoms with Gasteiger partial charge in [0.2, 0.25) is 0 Å². The number of alkyl halides is 3. The highest BCUT2D eigenvalue weighted by atomic mass is 35.5. The van der Waals surface area contributed by atoms with Crippen LogP contribution >= 0.6 is 22.9 Å². The Kier molecular flexibility index (Phi) is 3.72. The number of thiophene rings is 1. The predicted octanol–water partition coefficient (Wildman–Crippen LogP) is 2.42. The summed E-state index contributed by atoms with van der Waals surface area (Å²) in [4.78, 5) is 22.8. The number of carboxylic acids is 1. The van der Waals surface area contributed by atoms with E-state index in [4.69, 9.17) is 11.6 Å². The van der Waals surface area contributed by atoms with E-state index in [2.05, 4.69) is 0 Å².